The molecule has 0 spiro atoms. The van der Waals surface area contributed by atoms with Gasteiger partial charge in [-0.1, -0.05) is 24.3 Å². The number of nitrogens with zero attached hydrogens (tertiary/aromatic N) is 4. The van der Waals surface area contributed by atoms with Crippen LogP contribution in [-0.2, 0) is 5.41 Å². The van der Waals surface area contributed by atoms with Gasteiger partial charge in [-0.15, -0.1) is 0 Å². The average Bonchev–Trinajstić information content (AvgIpc) is 2.88. The van der Waals surface area contributed by atoms with E-state index in [1.165, 1.54) is 0 Å². The molecule has 4 heterocycles. The van der Waals surface area contributed by atoms with Gasteiger partial charge in [0.2, 0.25) is 0 Å². The van der Waals surface area contributed by atoms with Gasteiger partial charge in [-0.3, -0.25) is 20.4 Å². The van der Waals surface area contributed by atoms with E-state index in [0.29, 0.717) is 6.42 Å². The Labute approximate surface area is 192 Å². The summed E-state index contributed by atoms with van der Waals surface area (Å²) in [6, 6.07) is 23.1. The fraction of sp³-hybridized carbons (Fsp3) is 0.111. The number of aromatic nitrogens is 4. The third-order valence-corrected chi connectivity index (χ3v) is 5.93. The van der Waals surface area contributed by atoms with Crippen LogP contribution >= 0.6 is 0 Å². The largest absolute Gasteiger partial charge is 0.302 e. The minimum Gasteiger partial charge on any atom is -0.302 e. The SMILES string of the molecule is CC1(c2cccc(-c3ccccn3)n2)CC(c2cccc(-c3ccccn3)n2)=CC(=N)C1=N. The third-order valence-electron chi connectivity index (χ3n) is 5.93. The zero-order valence-electron chi connectivity index (χ0n) is 18.2. The highest BCUT2D eigenvalue weighted by Gasteiger charge is 2.39. The van der Waals surface area contributed by atoms with E-state index < -0.39 is 5.41 Å². The minimum atomic E-state index is -0.755. The molecule has 4 aromatic rings. The standard InChI is InChI=1S/C27H22N6/c1-27(25-13-7-12-24(33-25)22-9-3-5-15-31-22)17-18(16-19(28)26(27)29)20-10-6-11-23(32-20)21-8-2-4-14-30-21/h2-16,28-29H,17H2,1H3. The molecule has 1 aliphatic carbocycles. The molecule has 0 amide bonds. The lowest BCUT2D eigenvalue weighted by Gasteiger charge is -2.34. The molecule has 1 atom stereocenters. The van der Waals surface area contributed by atoms with Gasteiger partial charge >= 0.3 is 0 Å². The van der Waals surface area contributed by atoms with Gasteiger partial charge < -0.3 is 5.41 Å². The summed E-state index contributed by atoms with van der Waals surface area (Å²) in [6.07, 6.45) is 5.76. The Morgan fingerprint density at radius 3 is 1.88 bits per heavy atom. The molecule has 4 aromatic heterocycles. The van der Waals surface area contributed by atoms with E-state index in [2.05, 4.69) is 9.97 Å². The number of allylic oxidation sites excluding steroid dienone is 2. The molecular weight excluding hydrogens is 408 g/mol. The molecule has 0 fully saturated rings. The number of nitrogens with one attached hydrogen (secondary N) is 2. The summed E-state index contributed by atoms with van der Waals surface area (Å²) in [6.45, 7) is 1.98. The zero-order valence-corrected chi connectivity index (χ0v) is 18.2. The first kappa shape index (κ1) is 20.6. The van der Waals surface area contributed by atoms with Crippen LogP contribution in [0.4, 0.5) is 0 Å². The Balaban J connectivity index is 1.54. The lowest BCUT2D eigenvalue weighted by Crippen LogP contribution is -2.40. The van der Waals surface area contributed by atoms with Crippen molar-refractivity contribution >= 4 is 17.0 Å². The number of hydrogen-bond donors (Lipinski definition) is 2. The van der Waals surface area contributed by atoms with Crippen LogP contribution in [-0.4, -0.2) is 31.4 Å². The summed E-state index contributed by atoms with van der Waals surface area (Å²) >= 11 is 0. The molecular formula is C27H22N6. The second-order valence-corrected chi connectivity index (χ2v) is 8.21. The van der Waals surface area contributed by atoms with Crippen LogP contribution in [0.25, 0.3) is 28.3 Å². The van der Waals surface area contributed by atoms with Gasteiger partial charge in [-0.2, -0.15) is 0 Å². The molecule has 6 heteroatoms. The summed E-state index contributed by atoms with van der Waals surface area (Å²) in [5, 5.41) is 17.3. The number of rotatable bonds is 4. The highest BCUT2D eigenvalue weighted by molar-refractivity contribution is 6.49. The van der Waals surface area contributed by atoms with Crippen LogP contribution in [0, 0.1) is 10.8 Å². The third kappa shape index (κ3) is 3.87. The molecule has 2 N–H and O–H groups in total. The normalized spacial score (nSPS) is 18.2. The molecule has 1 aliphatic rings. The molecule has 0 bridgehead atoms. The predicted molar refractivity (Wildman–Crippen MR) is 130 cm³/mol. The van der Waals surface area contributed by atoms with Crippen LogP contribution in [0.2, 0.25) is 0 Å². The first-order chi connectivity index (χ1) is 16.0. The summed E-state index contributed by atoms with van der Waals surface area (Å²) in [4.78, 5) is 18.5. The zero-order chi connectivity index (χ0) is 22.8. The molecule has 0 radical (unpaired) electrons. The van der Waals surface area contributed by atoms with Gasteiger partial charge in [-0.05, 0) is 73.5 Å². The van der Waals surface area contributed by atoms with E-state index in [1.807, 2.05) is 79.7 Å². The van der Waals surface area contributed by atoms with Gasteiger partial charge in [0, 0.05) is 12.4 Å². The highest BCUT2D eigenvalue weighted by atomic mass is 14.8. The van der Waals surface area contributed by atoms with Crippen molar-refractivity contribution in [3.8, 4) is 22.8 Å². The fourth-order valence-corrected chi connectivity index (χ4v) is 4.12. The summed E-state index contributed by atoms with van der Waals surface area (Å²) in [5.74, 6) is 0. The van der Waals surface area contributed by atoms with Gasteiger partial charge in [0.15, 0.2) is 0 Å². The molecule has 6 nitrogen and oxygen atoms in total. The molecule has 1 unspecified atom stereocenters. The Hall–Kier alpha value is -4.32. The second-order valence-electron chi connectivity index (χ2n) is 8.21. The maximum Gasteiger partial charge on any atom is 0.0893 e. The van der Waals surface area contributed by atoms with Crippen molar-refractivity contribution in [2.75, 3.05) is 0 Å². The van der Waals surface area contributed by atoms with Gasteiger partial charge in [-0.25, -0.2) is 4.98 Å². The summed E-state index contributed by atoms with van der Waals surface area (Å²) < 4.78 is 0. The molecule has 5 rings (SSSR count). The molecule has 0 saturated carbocycles. The Bertz CT molecular complexity index is 1380. The van der Waals surface area contributed by atoms with Gasteiger partial charge in [0.25, 0.3) is 0 Å². The van der Waals surface area contributed by atoms with Crippen molar-refractivity contribution in [3.63, 3.8) is 0 Å². The van der Waals surface area contributed by atoms with E-state index in [4.69, 9.17) is 20.8 Å². The Morgan fingerprint density at radius 1 is 0.667 bits per heavy atom. The maximum atomic E-state index is 8.74. The van der Waals surface area contributed by atoms with Crippen molar-refractivity contribution in [1.29, 1.82) is 10.8 Å². The van der Waals surface area contributed by atoms with Crippen molar-refractivity contribution in [3.05, 3.63) is 103 Å². The van der Waals surface area contributed by atoms with Crippen LogP contribution < -0.4 is 0 Å². The molecule has 0 aliphatic heterocycles. The monoisotopic (exact) mass is 430 g/mol. The maximum absolute atomic E-state index is 8.74. The summed E-state index contributed by atoms with van der Waals surface area (Å²) in [5.41, 5.74) is 5.20. The van der Waals surface area contributed by atoms with E-state index in [-0.39, 0.29) is 11.4 Å². The van der Waals surface area contributed by atoms with Crippen LogP contribution in [0.5, 0.6) is 0 Å². The number of pyridine rings is 4. The van der Waals surface area contributed by atoms with E-state index >= 15 is 0 Å². The van der Waals surface area contributed by atoms with E-state index in [0.717, 1.165) is 39.7 Å². The quantitative estimate of drug-likeness (QED) is 0.454. The van der Waals surface area contributed by atoms with Crippen molar-refractivity contribution in [2.45, 2.75) is 18.8 Å². The number of hydrogen-bond acceptors (Lipinski definition) is 6. The van der Waals surface area contributed by atoms with Crippen LogP contribution in [0.1, 0.15) is 24.7 Å². The van der Waals surface area contributed by atoms with Crippen molar-refractivity contribution < 1.29 is 0 Å². The Morgan fingerprint density at radius 2 is 1.24 bits per heavy atom. The molecule has 0 aromatic carbocycles. The van der Waals surface area contributed by atoms with Gasteiger partial charge in [0.1, 0.15) is 0 Å². The van der Waals surface area contributed by atoms with Gasteiger partial charge in [0.05, 0.1) is 51.0 Å². The minimum absolute atomic E-state index is 0.175. The fourth-order valence-electron chi connectivity index (χ4n) is 4.12. The van der Waals surface area contributed by atoms with E-state index in [1.54, 1.807) is 18.5 Å². The predicted octanol–water partition coefficient (Wildman–Crippen LogP) is 5.39. The molecule has 33 heavy (non-hydrogen) atoms. The lowest BCUT2D eigenvalue weighted by atomic mass is 9.70. The molecule has 0 saturated heterocycles. The lowest BCUT2D eigenvalue weighted by molar-refractivity contribution is 0.632. The highest BCUT2D eigenvalue weighted by Crippen LogP contribution is 2.39. The topological polar surface area (TPSA) is 99.3 Å². The average molecular weight is 431 g/mol. The van der Waals surface area contributed by atoms with Crippen molar-refractivity contribution in [2.24, 2.45) is 0 Å². The van der Waals surface area contributed by atoms with Crippen molar-refractivity contribution in [1.82, 2.24) is 19.9 Å². The first-order valence-electron chi connectivity index (χ1n) is 10.7. The van der Waals surface area contributed by atoms with Crippen LogP contribution in [0.15, 0.2) is 91.3 Å². The van der Waals surface area contributed by atoms with E-state index in [9.17, 15) is 0 Å². The van der Waals surface area contributed by atoms with Crippen LogP contribution in [0.3, 0.4) is 0 Å². The summed E-state index contributed by atoms with van der Waals surface area (Å²) in [7, 11) is 0. The molecule has 160 valence electrons. The second kappa shape index (κ2) is 8.31. The first-order valence-corrected chi connectivity index (χ1v) is 10.7. The Kier molecular flexibility index (Phi) is 5.18. The smallest absolute Gasteiger partial charge is 0.0893 e.